The van der Waals surface area contributed by atoms with Crippen molar-refractivity contribution in [2.75, 3.05) is 12.4 Å². The SMILES string of the molecule is COc1cccc2cc(C(C)NC(=O)c3sc(NC(=O)c4ccc(F)cc4Cl)cc3C)oc12. The topological polar surface area (TPSA) is 80.6 Å². The van der Waals surface area contributed by atoms with Gasteiger partial charge in [-0.05, 0) is 55.8 Å². The van der Waals surface area contributed by atoms with Crippen LogP contribution in [0.3, 0.4) is 0 Å². The average molecular weight is 487 g/mol. The zero-order chi connectivity index (χ0) is 23.7. The molecule has 4 rings (SSSR count). The van der Waals surface area contributed by atoms with Crippen LogP contribution >= 0.6 is 22.9 Å². The van der Waals surface area contributed by atoms with Crippen LogP contribution < -0.4 is 15.4 Å². The van der Waals surface area contributed by atoms with Crippen LogP contribution in [0.25, 0.3) is 11.0 Å². The molecule has 0 saturated carbocycles. The second kappa shape index (κ2) is 9.25. The molecule has 0 saturated heterocycles. The van der Waals surface area contributed by atoms with Crippen molar-refractivity contribution in [3.63, 3.8) is 0 Å². The van der Waals surface area contributed by atoms with Gasteiger partial charge in [0.1, 0.15) is 11.6 Å². The lowest BCUT2D eigenvalue weighted by Crippen LogP contribution is -2.26. The molecule has 2 heterocycles. The number of fused-ring (bicyclic) bond motifs is 1. The van der Waals surface area contributed by atoms with E-state index in [-0.39, 0.29) is 16.5 Å². The summed E-state index contributed by atoms with van der Waals surface area (Å²) in [6, 6.07) is 12.3. The third-order valence-corrected chi connectivity index (χ3v) is 6.52. The number of amides is 2. The number of nitrogens with one attached hydrogen (secondary N) is 2. The van der Waals surface area contributed by atoms with Crippen LogP contribution in [0.4, 0.5) is 9.39 Å². The Kier molecular flexibility index (Phi) is 6.40. The summed E-state index contributed by atoms with van der Waals surface area (Å²) in [5.74, 6) is -0.0976. The van der Waals surface area contributed by atoms with Crippen LogP contribution in [0.2, 0.25) is 5.02 Å². The number of methoxy groups -OCH3 is 1. The number of benzene rings is 2. The Morgan fingerprint density at radius 3 is 2.67 bits per heavy atom. The summed E-state index contributed by atoms with van der Waals surface area (Å²) in [6.07, 6.45) is 0. The number of para-hydroxylation sites is 1. The summed E-state index contributed by atoms with van der Waals surface area (Å²) in [7, 11) is 1.57. The fraction of sp³-hybridized carbons (Fsp3) is 0.167. The maximum Gasteiger partial charge on any atom is 0.262 e. The van der Waals surface area contributed by atoms with Gasteiger partial charge in [0.2, 0.25) is 0 Å². The van der Waals surface area contributed by atoms with E-state index < -0.39 is 17.8 Å². The van der Waals surface area contributed by atoms with Crippen LogP contribution in [-0.4, -0.2) is 18.9 Å². The quantitative estimate of drug-likeness (QED) is 0.333. The number of ether oxygens (including phenoxy) is 1. The molecule has 9 heteroatoms. The largest absolute Gasteiger partial charge is 0.493 e. The molecular weight excluding hydrogens is 467 g/mol. The molecule has 170 valence electrons. The number of hydrogen-bond donors (Lipinski definition) is 2. The van der Waals surface area contributed by atoms with E-state index in [4.69, 9.17) is 20.8 Å². The van der Waals surface area contributed by atoms with Gasteiger partial charge in [-0.1, -0.05) is 23.7 Å². The second-order valence-corrected chi connectivity index (χ2v) is 8.88. The molecule has 1 unspecified atom stereocenters. The third-order valence-electron chi connectivity index (χ3n) is 5.06. The monoisotopic (exact) mass is 486 g/mol. The first kappa shape index (κ1) is 22.8. The van der Waals surface area contributed by atoms with Gasteiger partial charge in [-0.25, -0.2) is 4.39 Å². The number of carbonyl (C=O) groups excluding carboxylic acids is 2. The van der Waals surface area contributed by atoms with Crippen LogP contribution in [0, 0.1) is 12.7 Å². The van der Waals surface area contributed by atoms with Gasteiger partial charge in [0.15, 0.2) is 11.3 Å². The Labute approximate surface area is 198 Å². The molecule has 0 spiro atoms. The van der Waals surface area contributed by atoms with Gasteiger partial charge in [0, 0.05) is 5.39 Å². The van der Waals surface area contributed by atoms with E-state index in [1.165, 1.54) is 6.07 Å². The van der Waals surface area contributed by atoms with E-state index in [0.29, 0.717) is 32.5 Å². The molecule has 0 aliphatic rings. The highest BCUT2D eigenvalue weighted by Gasteiger charge is 2.21. The average Bonchev–Trinajstić information content (AvgIpc) is 3.36. The number of carbonyl (C=O) groups is 2. The minimum Gasteiger partial charge on any atom is -0.493 e. The summed E-state index contributed by atoms with van der Waals surface area (Å²) in [5, 5.41) is 7.00. The van der Waals surface area contributed by atoms with Crippen molar-refractivity contribution < 1.29 is 23.1 Å². The fourth-order valence-electron chi connectivity index (χ4n) is 3.39. The molecule has 0 bridgehead atoms. The first-order chi connectivity index (χ1) is 15.8. The van der Waals surface area contributed by atoms with E-state index in [2.05, 4.69) is 10.6 Å². The smallest absolute Gasteiger partial charge is 0.262 e. The molecule has 0 aliphatic carbocycles. The number of aryl methyl sites for hydroxylation is 1. The van der Waals surface area contributed by atoms with Crippen LogP contribution in [-0.2, 0) is 0 Å². The molecule has 0 radical (unpaired) electrons. The Morgan fingerprint density at radius 1 is 1.15 bits per heavy atom. The number of hydrogen-bond acceptors (Lipinski definition) is 5. The Bertz CT molecular complexity index is 1360. The third kappa shape index (κ3) is 4.72. The van der Waals surface area contributed by atoms with E-state index >= 15 is 0 Å². The van der Waals surface area contributed by atoms with Crippen molar-refractivity contribution in [3.05, 3.63) is 81.1 Å². The van der Waals surface area contributed by atoms with Crippen LogP contribution in [0.1, 0.15) is 44.3 Å². The van der Waals surface area contributed by atoms with E-state index in [1.54, 1.807) is 20.1 Å². The molecule has 2 amide bonds. The van der Waals surface area contributed by atoms with Crippen molar-refractivity contribution in [2.24, 2.45) is 0 Å². The molecule has 33 heavy (non-hydrogen) atoms. The maximum absolute atomic E-state index is 13.2. The standard InChI is InChI=1S/C24H20ClFN2O4S/c1-12-9-20(28-23(29)16-8-7-15(26)11-17(16)25)33-22(12)24(30)27-13(2)19-10-14-5-4-6-18(31-3)21(14)32-19/h4-11,13H,1-3H3,(H,27,30)(H,28,29). The van der Waals surface area contributed by atoms with Crippen molar-refractivity contribution in [2.45, 2.75) is 19.9 Å². The highest BCUT2D eigenvalue weighted by molar-refractivity contribution is 7.18. The van der Waals surface area contributed by atoms with E-state index in [1.807, 2.05) is 31.2 Å². The summed E-state index contributed by atoms with van der Waals surface area (Å²) in [4.78, 5) is 25.9. The van der Waals surface area contributed by atoms with Gasteiger partial charge >= 0.3 is 0 Å². The van der Waals surface area contributed by atoms with Crippen LogP contribution in [0.15, 0.2) is 52.9 Å². The fourth-order valence-corrected chi connectivity index (χ4v) is 4.61. The number of furan rings is 1. The van der Waals surface area contributed by atoms with Crippen molar-refractivity contribution >= 4 is 50.7 Å². The normalized spacial score (nSPS) is 11.9. The predicted molar refractivity (Wildman–Crippen MR) is 127 cm³/mol. The molecular formula is C24H20ClFN2O4S. The second-order valence-electron chi connectivity index (χ2n) is 7.42. The Hall–Kier alpha value is -3.36. The van der Waals surface area contributed by atoms with E-state index in [0.717, 1.165) is 28.9 Å². The number of halogens is 2. The highest BCUT2D eigenvalue weighted by Crippen LogP contribution is 2.32. The highest BCUT2D eigenvalue weighted by atomic mass is 35.5. The molecule has 1 atom stereocenters. The van der Waals surface area contributed by atoms with E-state index in [9.17, 15) is 14.0 Å². The van der Waals surface area contributed by atoms with Crippen molar-refractivity contribution in [1.29, 1.82) is 0 Å². The minimum absolute atomic E-state index is 0.00929. The van der Waals surface area contributed by atoms with Gasteiger partial charge in [-0.2, -0.15) is 0 Å². The van der Waals surface area contributed by atoms with Gasteiger partial charge in [-0.3, -0.25) is 9.59 Å². The maximum atomic E-state index is 13.2. The lowest BCUT2D eigenvalue weighted by Gasteiger charge is -2.11. The van der Waals surface area contributed by atoms with Gasteiger partial charge in [0.05, 0.1) is 33.6 Å². The zero-order valence-corrected chi connectivity index (χ0v) is 19.6. The van der Waals surface area contributed by atoms with Crippen molar-refractivity contribution in [1.82, 2.24) is 5.32 Å². The first-order valence-electron chi connectivity index (χ1n) is 10.0. The lowest BCUT2D eigenvalue weighted by atomic mass is 10.2. The lowest BCUT2D eigenvalue weighted by molar-refractivity contribution is 0.0938. The van der Waals surface area contributed by atoms with Gasteiger partial charge in [0.25, 0.3) is 11.8 Å². The molecule has 2 aromatic carbocycles. The Balaban J connectivity index is 1.48. The number of anilines is 1. The molecule has 6 nitrogen and oxygen atoms in total. The van der Waals surface area contributed by atoms with Gasteiger partial charge < -0.3 is 19.8 Å². The summed E-state index contributed by atoms with van der Waals surface area (Å²) >= 11 is 7.10. The molecule has 0 aliphatic heterocycles. The zero-order valence-electron chi connectivity index (χ0n) is 18.0. The Morgan fingerprint density at radius 2 is 1.94 bits per heavy atom. The summed E-state index contributed by atoms with van der Waals surface area (Å²) in [6.45, 7) is 3.60. The summed E-state index contributed by atoms with van der Waals surface area (Å²) < 4.78 is 24.5. The van der Waals surface area contributed by atoms with Gasteiger partial charge in [-0.15, -0.1) is 11.3 Å². The molecule has 0 fully saturated rings. The number of rotatable bonds is 6. The van der Waals surface area contributed by atoms with Crippen molar-refractivity contribution in [3.8, 4) is 5.75 Å². The summed E-state index contributed by atoms with van der Waals surface area (Å²) in [5.41, 5.74) is 1.47. The molecule has 2 aromatic heterocycles. The first-order valence-corrected chi connectivity index (χ1v) is 11.2. The number of thiophene rings is 1. The van der Waals surface area contributed by atoms with Crippen LogP contribution in [0.5, 0.6) is 5.75 Å². The minimum atomic E-state index is -0.528. The predicted octanol–water partition coefficient (Wildman–Crippen LogP) is 6.35. The molecule has 2 N–H and O–H groups in total. The molecule has 4 aromatic rings.